The molecule has 0 unspecified atom stereocenters. The van der Waals surface area contributed by atoms with Gasteiger partial charge >= 0.3 is 0 Å². The summed E-state index contributed by atoms with van der Waals surface area (Å²) < 4.78 is 10.4. The van der Waals surface area contributed by atoms with Gasteiger partial charge in [-0.05, 0) is 11.6 Å². The largest absolute Gasteiger partial charge is 0.496 e. The van der Waals surface area contributed by atoms with E-state index in [1.165, 1.54) is 0 Å². The maximum atomic E-state index is 9.66. The normalized spacial score (nSPS) is 27.1. The second-order valence-electron chi connectivity index (χ2n) is 4.40. The molecular formula is C14H18O5. The molecule has 0 aromatic heterocycles. The molecule has 0 radical (unpaired) electrons. The molecule has 1 aliphatic heterocycles. The minimum atomic E-state index is -0.917. The molecule has 19 heavy (non-hydrogen) atoms. The fraction of sp³-hybridized carbons (Fsp3) is 0.429. The number of aliphatic hydroxyl groups is 3. The van der Waals surface area contributed by atoms with Crippen molar-refractivity contribution < 1.29 is 24.8 Å². The van der Waals surface area contributed by atoms with E-state index < -0.39 is 18.3 Å². The van der Waals surface area contributed by atoms with Gasteiger partial charge in [0.1, 0.15) is 24.1 Å². The fourth-order valence-corrected chi connectivity index (χ4v) is 2.09. The van der Waals surface area contributed by atoms with Crippen LogP contribution in [0.15, 0.2) is 24.3 Å². The molecule has 5 heteroatoms. The van der Waals surface area contributed by atoms with Crippen LogP contribution >= 0.6 is 0 Å². The van der Waals surface area contributed by atoms with E-state index in [0.29, 0.717) is 11.3 Å². The summed E-state index contributed by atoms with van der Waals surface area (Å²) in [7, 11) is 1.54. The Morgan fingerprint density at radius 3 is 2.79 bits per heavy atom. The van der Waals surface area contributed by atoms with Crippen LogP contribution in [-0.2, 0) is 11.3 Å². The Hall–Kier alpha value is -1.40. The first-order valence-electron chi connectivity index (χ1n) is 6.10. The Bertz CT molecular complexity index is 457. The number of ether oxygens (including phenoxy) is 2. The molecule has 3 N–H and O–H groups in total. The lowest BCUT2D eigenvalue weighted by atomic mass is 10.0. The quantitative estimate of drug-likeness (QED) is 0.731. The highest BCUT2D eigenvalue weighted by atomic mass is 16.5. The zero-order valence-corrected chi connectivity index (χ0v) is 10.7. The van der Waals surface area contributed by atoms with Gasteiger partial charge < -0.3 is 24.8 Å². The van der Waals surface area contributed by atoms with Crippen LogP contribution in [0.1, 0.15) is 11.1 Å². The Kier molecular flexibility index (Phi) is 4.55. The third-order valence-corrected chi connectivity index (χ3v) is 3.20. The topological polar surface area (TPSA) is 79.2 Å². The lowest BCUT2D eigenvalue weighted by molar-refractivity contribution is 0.0422. The molecule has 104 valence electrons. The van der Waals surface area contributed by atoms with Crippen molar-refractivity contribution in [2.75, 3.05) is 13.7 Å². The zero-order chi connectivity index (χ0) is 13.8. The predicted octanol–water partition coefficient (Wildman–Crippen LogP) is 0.321. The van der Waals surface area contributed by atoms with Gasteiger partial charge in [-0.3, -0.25) is 0 Å². The minimum absolute atomic E-state index is 0.126. The molecule has 1 aromatic carbocycles. The van der Waals surface area contributed by atoms with Gasteiger partial charge in [-0.1, -0.05) is 24.3 Å². The number of aliphatic hydroxyl groups excluding tert-OH is 3. The van der Waals surface area contributed by atoms with E-state index in [2.05, 4.69) is 0 Å². The van der Waals surface area contributed by atoms with Crippen molar-refractivity contribution in [3.05, 3.63) is 35.4 Å². The third kappa shape index (κ3) is 2.96. The lowest BCUT2D eigenvalue weighted by Crippen LogP contribution is -2.28. The Morgan fingerprint density at radius 1 is 1.42 bits per heavy atom. The second kappa shape index (κ2) is 6.16. The van der Waals surface area contributed by atoms with Crippen LogP contribution in [-0.4, -0.2) is 47.3 Å². The van der Waals surface area contributed by atoms with Gasteiger partial charge in [0.25, 0.3) is 0 Å². The zero-order valence-electron chi connectivity index (χ0n) is 10.7. The summed E-state index contributed by atoms with van der Waals surface area (Å²) in [4.78, 5) is 0. The lowest BCUT2D eigenvalue weighted by Gasteiger charge is -2.12. The summed E-state index contributed by atoms with van der Waals surface area (Å²) in [5, 5.41) is 28.4. The van der Waals surface area contributed by atoms with Crippen molar-refractivity contribution in [3.63, 3.8) is 0 Å². The summed E-state index contributed by atoms with van der Waals surface area (Å²) in [6.07, 6.45) is 1.12. The number of hydrogen-bond donors (Lipinski definition) is 3. The third-order valence-electron chi connectivity index (χ3n) is 3.20. The van der Waals surface area contributed by atoms with Crippen molar-refractivity contribution in [3.8, 4) is 5.75 Å². The molecule has 0 bridgehead atoms. The van der Waals surface area contributed by atoms with E-state index in [-0.39, 0.29) is 13.2 Å². The molecule has 0 saturated carbocycles. The minimum Gasteiger partial charge on any atom is -0.496 e. The van der Waals surface area contributed by atoms with E-state index in [4.69, 9.17) is 9.47 Å². The Morgan fingerprint density at radius 2 is 2.21 bits per heavy atom. The average Bonchev–Trinajstić information content (AvgIpc) is 2.76. The first-order valence-corrected chi connectivity index (χ1v) is 6.10. The predicted molar refractivity (Wildman–Crippen MR) is 69.7 cm³/mol. The van der Waals surface area contributed by atoms with Crippen molar-refractivity contribution in [1.82, 2.24) is 0 Å². The van der Waals surface area contributed by atoms with Gasteiger partial charge in [0, 0.05) is 5.56 Å². The number of benzene rings is 1. The highest BCUT2D eigenvalue weighted by molar-refractivity contribution is 5.58. The maximum Gasteiger partial charge on any atom is 0.124 e. The summed E-state index contributed by atoms with van der Waals surface area (Å²) in [5.74, 6) is 0.609. The molecule has 5 nitrogen and oxygen atoms in total. The summed E-state index contributed by atoms with van der Waals surface area (Å²) in [5.41, 5.74) is 1.47. The van der Waals surface area contributed by atoms with Crippen LogP contribution in [0.5, 0.6) is 5.75 Å². The molecule has 0 spiro atoms. The summed E-state index contributed by atoms with van der Waals surface area (Å²) in [6.45, 7) is -0.0124. The van der Waals surface area contributed by atoms with Gasteiger partial charge in [0.05, 0.1) is 20.3 Å². The Labute approximate surface area is 111 Å². The second-order valence-corrected chi connectivity index (χ2v) is 4.40. The van der Waals surface area contributed by atoms with Crippen LogP contribution in [0.2, 0.25) is 0 Å². The van der Waals surface area contributed by atoms with E-state index >= 15 is 0 Å². The van der Waals surface area contributed by atoms with Gasteiger partial charge in [-0.25, -0.2) is 0 Å². The van der Waals surface area contributed by atoms with Crippen LogP contribution in [0, 0.1) is 0 Å². The molecule has 1 heterocycles. The molecule has 1 saturated heterocycles. The standard InChI is InChI=1S/C14H18O5/c1-18-12-4-2-3-9(10(12)7-15)5-6-13-14(17)11(16)8-19-13/h2-6,11,13-17H,7-8H2,1H3/b6-5+/t11-,13-,14-/m1/s1. The summed E-state index contributed by atoms with van der Waals surface area (Å²) >= 11 is 0. The monoisotopic (exact) mass is 266 g/mol. The van der Waals surface area contributed by atoms with Crippen LogP contribution in [0.3, 0.4) is 0 Å². The fourth-order valence-electron chi connectivity index (χ4n) is 2.09. The first-order chi connectivity index (χ1) is 9.17. The Balaban J connectivity index is 2.19. The molecule has 0 aliphatic carbocycles. The maximum absolute atomic E-state index is 9.66. The van der Waals surface area contributed by atoms with Crippen molar-refractivity contribution in [2.45, 2.75) is 24.9 Å². The van der Waals surface area contributed by atoms with Gasteiger partial charge in [-0.2, -0.15) is 0 Å². The van der Waals surface area contributed by atoms with Crippen LogP contribution < -0.4 is 4.74 Å². The van der Waals surface area contributed by atoms with Crippen molar-refractivity contribution >= 4 is 6.08 Å². The molecule has 1 aliphatic rings. The molecule has 0 amide bonds. The van der Waals surface area contributed by atoms with Crippen LogP contribution in [0.4, 0.5) is 0 Å². The first kappa shape index (κ1) is 14.0. The van der Waals surface area contributed by atoms with Gasteiger partial charge in [0.2, 0.25) is 0 Å². The van der Waals surface area contributed by atoms with E-state index in [9.17, 15) is 15.3 Å². The van der Waals surface area contributed by atoms with Crippen LogP contribution in [0.25, 0.3) is 6.08 Å². The van der Waals surface area contributed by atoms with E-state index in [1.807, 2.05) is 12.1 Å². The molecule has 1 aromatic rings. The molecular weight excluding hydrogens is 248 g/mol. The SMILES string of the molecule is COc1cccc(/C=C/[C@H]2OC[C@@H](O)[C@H]2O)c1CO. The van der Waals surface area contributed by atoms with E-state index in [1.54, 1.807) is 25.3 Å². The van der Waals surface area contributed by atoms with Gasteiger partial charge in [0.15, 0.2) is 0 Å². The smallest absolute Gasteiger partial charge is 0.124 e. The number of hydrogen-bond acceptors (Lipinski definition) is 5. The molecule has 2 rings (SSSR count). The average molecular weight is 266 g/mol. The van der Waals surface area contributed by atoms with E-state index in [0.717, 1.165) is 5.56 Å². The molecule has 1 fully saturated rings. The molecule has 3 atom stereocenters. The van der Waals surface area contributed by atoms with Crippen molar-refractivity contribution in [1.29, 1.82) is 0 Å². The van der Waals surface area contributed by atoms with Gasteiger partial charge in [-0.15, -0.1) is 0 Å². The summed E-state index contributed by atoms with van der Waals surface area (Å²) in [6, 6.07) is 5.42. The number of methoxy groups -OCH3 is 1. The van der Waals surface area contributed by atoms with Crippen molar-refractivity contribution in [2.24, 2.45) is 0 Å². The number of rotatable bonds is 4. The highest BCUT2D eigenvalue weighted by Gasteiger charge is 2.32. The highest BCUT2D eigenvalue weighted by Crippen LogP contribution is 2.24.